The Morgan fingerprint density at radius 3 is 2.46 bits per heavy atom. The van der Waals surface area contributed by atoms with Gasteiger partial charge >= 0.3 is 0 Å². The number of rotatable bonds is 3. The molecule has 7 nitrogen and oxygen atoms in total. The molecule has 4 rings (SSSR count). The highest BCUT2D eigenvalue weighted by Gasteiger charge is 2.30. The van der Waals surface area contributed by atoms with Crippen molar-refractivity contribution in [3.8, 4) is 0 Å². The Morgan fingerprint density at radius 1 is 1.04 bits per heavy atom. The molecule has 2 aliphatic heterocycles. The molecule has 0 saturated carbocycles. The molecular formula is C20H26N4O3S. The molecule has 0 spiro atoms. The monoisotopic (exact) mass is 402 g/mol. The number of nitrogens with zero attached hydrogens (tertiary/aromatic N) is 4. The summed E-state index contributed by atoms with van der Waals surface area (Å²) in [6.45, 7) is 2.90. The third-order valence-corrected chi connectivity index (χ3v) is 6.69. The van der Waals surface area contributed by atoms with E-state index in [1.165, 1.54) is 35.1 Å². The Hall–Kier alpha value is -2.22. The number of amides is 2. The number of fused-ring (bicyclic) bond motifs is 1. The van der Waals surface area contributed by atoms with Gasteiger partial charge in [0.2, 0.25) is 11.8 Å². The number of hydrogen-bond donors (Lipinski definition) is 0. The lowest BCUT2D eigenvalue weighted by Gasteiger charge is -2.34. The molecule has 28 heavy (non-hydrogen) atoms. The Balaban J connectivity index is 1.34. The zero-order valence-corrected chi connectivity index (χ0v) is 16.8. The van der Waals surface area contributed by atoms with Gasteiger partial charge in [0.25, 0.3) is 5.56 Å². The second-order valence-electron chi connectivity index (χ2n) is 7.71. The maximum atomic E-state index is 12.8. The van der Waals surface area contributed by atoms with E-state index in [2.05, 4.69) is 4.98 Å². The first-order chi connectivity index (χ1) is 13.6. The number of carbonyl (C=O) groups is 2. The van der Waals surface area contributed by atoms with Crippen molar-refractivity contribution in [1.82, 2.24) is 19.4 Å². The van der Waals surface area contributed by atoms with Gasteiger partial charge in [0.1, 0.15) is 11.4 Å². The van der Waals surface area contributed by atoms with Crippen molar-refractivity contribution < 1.29 is 9.59 Å². The number of hydrogen-bond acceptors (Lipinski definition) is 5. The number of aromatic nitrogens is 2. The van der Waals surface area contributed by atoms with Gasteiger partial charge in [-0.25, -0.2) is 4.98 Å². The van der Waals surface area contributed by atoms with Crippen LogP contribution in [-0.2, 0) is 16.1 Å². The highest BCUT2D eigenvalue weighted by Crippen LogP contribution is 2.22. The first-order valence-corrected chi connectivity index (χ1v) is 11.0. The van der Waals surface area contributed by atoms with Crippen LogP contribution in [-0.4, -0.2) is 57.3 Å². The maximum Gasteiger partial charge on any atom is 0.262 e. The molecule has 2 aromatic rings. The minimum absolute atomic E-state index is 0.00234. The van der Waals surface area contributed by atoms with E-state index in [0.29, 0.717) is 36.1 Å². The van der Waals surface area contributed by atoms with E-state index in [4.69, 9.17) is 0 Å². The number of piperidine rings is 1. The van der Waals surface area contributed by atoms with E-state index in [9.17, 15) is 14.4 Å². The third-order valence-electron chi connectivity index (χ3n) is 5.87. The fourth-order valence-electron chi connectivity index (χ4n) is 4.18. The summed E-state index contributed by atoms with van der Waals surface area (Å²) >= 11 is 1.42. The summed E-state index contributed by atoms with van der Waals surface area (Å²) in [6, 6.07) is 1.75. The summed E-state index contributed by atoms with van der Waals surface area (Å²) in [6.07, 6.45) is 7.48. The normalized spacial score (nSPS) is 19.0. The summed E-state index contributed by atoms with van der Waals surface area (Å²) < 4.78 is 1.38. The minimum Gasteiger partial charge on any atom is -0.342 e. The van der Waals surface area contributed by atoms with Crippen LogP contribution in [0.5, 0.6) is 0 Å². The van der Waals surface area contributed by atoms with E-state index < -0.39 is 0 Å². The molecule has 2 saturated heterocycles. The van der Waals surface area contributed by atoms with Gasteiger partial charge < -0.3 is 9.80 Å². The molecule has 0 aliphatic carbocycles. The minimum atomic E-state index is -0.175. The van der Waals surface area contributed by atoms with Crippen LogP contribution in [0.1, 0.15) is 38.5 Å². The van der Waals surface area contributed by atoms with Crippen LogP contribution >= 0.6 is 11.3 Å². The highest BCUT2D eigenvalue weighted by atomic mass is 32.1. The third kappa shape index (κ3) is 3.97. The van der Waals surface area contributed by atoms with E-state index in [1.807, 2.05) is 10.3 Å². The number of carbonyl (C=O) groups excluding carboxylic acids is 2. The molecule has 8 heteroatoms. The van der Waals surface area contributed by atoms with E-state index in [0.717, 1.165) is 25.9 Å². The molecule has 0 aromatic carbocycles. The molecule has 2 aromatic heterocycles. The van der Waals surface area contributed by atoms with Gasteiger partial charge in [-0.3, -0.25) is 19.0 Å². The predicted molar refractivity (Wildman–Crippen MR) is 108 cm³/mol. The van der Waals surface area contributed by atoms with Gasteiger partial charge in [-0.2, -0.15) is 0 Å². The lowest BCUT2D eigenvalue weighted by Crippen LogP contribution is -2.46. The van der Waals surface area contributed by atoms with Crippen LogP contribution in [0.15, 0.2) is 22.6 Å². The summed E-state index contributed by atoms with van der Waals surface area (Å²) in [5.41, 5.74) is -0.175. The zero-order valence-electron chi connectivity index (χ0n) is 16.0. The fourth-order valence-corrected chi connectivity index (χ4v) is 4.90. The Kier molecular flexibility index (Phi) is 5.75. The topological polar surface area (TPSA) is 75.5 Å². The molecule has 0 atom stereocenters. The second kappa shape index (κ2) is 8.43. The Labute approximate surface area is 168 Å². The standard InChI is InChI=1S/C20H26N4O3S/c25-17(13-24-14-21-18-16(20(24)27)7-12-28-18)22-10-5-15(6-11-22)19(26)23-8-3-1-2-4-9-23/h7,12,14-15H,1-6,8-11,13H2. The number of likely N-dealkylation sites (tertiary alicyclic amines) is 2. The maximum absolute atomic E-state index is 12.8. The first-order valence-electron chi connectivity index (χ1n) is 10.1. The molecule has 2 fully saturated rings. The van der Waals surface area contributed by atoms with Gasteiger partial charge in [-0.05, 0) is 37.1 Å². The van der Waals surface area contributed by atoms with Crippen LogP contribution in [0, 0.1) is 5.92 Å². The molecule has 2 amide bonds. The fraction of sp³-hybridized carbons (Fsp3) is 0.600. The molecular weight excluding hydrogens is 376 g/mol. The molecule has 2 aliphatic rings. The van der Waals surface area contributed by atoms with Crippen LogP contribution < -0.4 is 5.56 Å². The van der Waals surface area contributed by atoms with Crippen molar-refractivity contribution in [2.45, 2.75) is 45.1 Å². The lowest BCUT2D eigenvalue weighted by molar-refractivity contribution is -0.141. The smallest absolute Gasteiger partial charge is 0.262 e. The molecule has 4 heterocycles. The summed E-state index contributed by atoms with van der Waals surface area (Å²) in [5.74, 6) is 0.199. The van der Waals surface area contributed by atoms with Gasteiger partial charge in [0, 0.05) is 32.1 Å². The van der Waals surface area contributed by atoms with Crippen molar-refractivity contribution in [1.29, 1.82) is 0 Å². The van der Waals surface area contributed by atoms with Crippen molar-refractivity contribution in [2.75, 3.05) is 26.2 Å². The Morgan fingerprint density at radius 2 is 1.75 bits per heavy atom. The highest BCUT2D eigenvalue weighted by molar-refractivity contribution is 7.16. The quantitative estimate of drug-likeness (QED) is 0.788. The van der Waals surface area contributed by atoms with Crippen molar-refractivity contribution >= 4 is 33.4 Å². The SMILES string of the molecule is O=C(Cn1cnc2sccc2c1=O)N1CCC(C(=O)N2CCCCCC2)CC1. The first kappa shape index (κ1) is 19.1. The van der Waals surface area contributed by atoms with Crippen LogP contribution in [0.3, 0.4) is 0 Å². The van der Waals surface area contributed by atoms with E-state index in [-0.39, 0.29) is 29.8 Å². The van der Waals surface area contributed by atoms with Crippen molar-refractivity contribution in [2.24, 2.45) is 5.92 Å². The lowest BCUT2D eigenvalue weighted by atomic mass is 9.95. The zero-order chi connectivity index (χ0) is 19.5. The van der Waals surface area contributed by atoms with Crippen molar-refractivity contribution in [3.63, 3.8) is 0 Å². The van der Waals surface area contributed by atoms with Crippen LogP contribution in [0.4, 0.5) is 0 Å². The van der Waals surface area contributed by atoms with Crippen LogP contribution in [0.2, 0.25) is 0 Å². The number of thiophene rings is 1. The van der Waals surface area contributed by atoms with Gasteiger partial charge in [0.15, 0.2) is 0 Å². The van der Waals surface area contributed by atoms with Crippen LogP contribution in [0.25, 0.3) is 10.2 Å². The summed E-state index contributed by atoms with van der Waals surface area (Å²) in [5, 5.41) is 2.39. The van der Waals surface area contributed by atoms with Gasteiger partial charge in [-0.1, -0.05) is 12.8 Å². The molecule has 0 bridgehead atoms. The van der Waals surface area contributed by atoms with E-state index in [1.54, 1.807) is 11.0 Å². The van der Waals surface area contributed by atoms with E-state index >= 15 is 0 Å². The molecule has 0 radical (unpaired) electrons. The molecule has 150 valence electrons. The largest absolute Gasteiger partial charge is 0.342 e. The second-order valence-corrected chi connectivity index (χ2v) is 8.61. The van der Waals surface area contributed by atoms with Gasteiger partial charge in [0.05, 0.1) is 11.7 Å². The summed E-state index contributed by atoms with van der Waals surface area (Å²) in [7, 11) is 0. The average molecular weight is 403 g/mol. The Bertz CT molecular complexity index is 906. The molecule has 0 unspecified atom stereocenters. The van der Waals surface area contributed by atoms with Gasteiger partial charge in [-0.15, -0.1) is 11.3 Å². The molecule has 0 N–H and O–H groups in total. The average Bonchev–Trinajstić information content (AvgIpc) is 3.04. The summed E-state index contributed by atoms with van der Waals surface area (Å²) in [4.78, 5) is 46.7. The van der Waals surface area contributed by atoms with Crippen molar-refractivity contribution in [3.05, 3.63) is 28.1 Å². The predicted octanol–water partition coefficient (Wildman–Crippen LogP) is 2.10.